The summed E-state index contributed by atoms with van der Waals surface area (Å²) in [5.74, 6) is -0.132. The van der Waals surface area contributed by atoms with Gasteiger partial charge in [-0.1, -0.05) is 6.92 Å². The van der Waals surface area contributed by atoms with Gasteiger partial charge in [-0.15, -0.1) is 0 Å². The van der Waals surface area contributed by atoms with Crippen LogP contribution in [0.25, 0.3) is 0 Å². The van der Waals surface area contributed by atoms with Crippen molar-refractivity contribution in [2.75, 3.05) is 37.6 Å². The molecular weight excluding hydrogens is 265 g/mol. The third-order valence-corrected chi connectivity index (χ3v) is 4.11. The minimum absolute atomic E-state index is 0.132. The Hall–Kier alpha value is -1.13. The Kier molecular flexibility index (Phi) is 6.00. The summed E-state index contributed by atoms with van der Waals surface area (Å²) >= 11 is 0. The van der Waals surface area contributed by atoms with E-state index in [0.717, 1.165) is 56.9 Å². The first-order valence-electron chi connectivity index (χ1n) is 8.09. The largest absolute Gasteiger partial charge is 0.369 e. The molecule has 0 saturated carbocycles. The summed E-state index contributed by atoms with van der Waals surface area (Å²) in [4.78, 5) is 4.77. The quantitative estimate of drug-likeness (QED) is 0.814. The molecule has 0 unspecified atom stereocenters. The van der Waals surface area contributed by atoms with Crippen LogP contribution < -0.4 is 10.2 Å². The lowest BCUT2D eigenvalue weighted by Gasteiger charge is -2.38. The van der Waals surface area contributed by atoms with Gasteiger partial charge in [0.2, 0.25) is 0 Å². The second-order valence-corrected chi connectivity index (χ2v) is 6.11. The van der Waals surface area contributed by atoms with E-state index in [2.05, 4.69) is 42.0 Å². The van der Waals surface area contributed by atoms with Crippen LogP contribution in [-0.4, -0.2) is 43.7 Å². The van der Waals surface area contributed by atoms with Crippen LogP contribution in [0.1, 0.15) is 32.8 Å². The predicted molar refractivity (Wildman–Crippen MR) is 87.3 cm³/mol. The van der Waals surface area contributed by atoms with Crippen LogP contribution in [0.4, 0.5) is 10.1 Å². The molecule has 0 radical (unpaired) electrons. The van der Waals surface area contributed by atoms with Gasteiger partial charge in [-0.25, -0.2) is 4.39 Å². The predicted octanol–water partition coefficient (Wildman–Crippen LogP) is 2.86. The maximum Gasteiger partial charge on any atom is 0.125 e. The van der Waals surface area contributed by atoms with Crippen molar-refractivity contribution in [1.29, 1.82) is 0 Å². The molecule has 21 heavy (non-hydrogen) atoms. The molecule has 0 atom stereocenters. The Morgan fingerprint density at radius 3 is 2.48 bits per heavy atom. The second-order valence-electron chi connectivity index (χ2n) is 6.11. The van der Waals surface area contributed by atoms with Crippen molar-refractivity contribution in [2.24, 2.45) is 0 Å². The van der Waals surface area contributed by atoms with Gasteiger partial charge in [0.15, 0.2) is 0 Å². The number of rotatable bonds is 6. The highest BCUT2D eigenvalue weighted by Gasteiger charge is 2.19. The van der Waals surface area contributed by atoms with Gasteiger partial charge in [0.05, 0.1) is 0 Å². The number of nitrogens with one attached hydrogen (secondary N) is 1. The highest BCUT2D eigenvalue weighted by atomic mass is 19.1. The lowest BCUT2D eigenvalue weighted by Crippen LogP contribution is -2.48. The van der Waals surface area contributed by atoms with E-state index < -0.39 is 0 Å². The third kappa shape index (κ3) is 4.68. The molecule has 118 valence electrons. The number of hydrogen-bond donors (Lipinski definition) is 1. The van der Waals surface area contributed by atoms with E-state index >= 15 is 0 Å². The average Bonchev–Trinajstić information content (AvgIpc) is 2.47. The Morgan fingerprint density at radius 1 is 1.14 bits per heavy atom. The third-order valence-electron chi connectivity index (χ3n) is 4.11. The Labute approximate surface area is 128 Å². The van der Waals surface area contributed by atoms with Crippen LogP contribution in [-0.2, 0) is 6.54 Å². The van der Waals surface area contributed by atoms with Crippen molar-refractivity contribution in [3.63, 3.8) is 0 Å². The van der Waals surface area contributed by atoms with Crippen LogP contribution in [0.3, 0.4) is 0 Å². The SMILES string of the molecule is CCCNCc1cc(F)cc(N2CCN(C(C)C)CC2)c1. The first-order valence-corrected chi connectivity index (χ1v) is 8.09. The van der Waals surface area contributed by atoms with Gasteiger partial charge in [0, 0.05) is 44.5 Å². The minimum atomic E-state index is -0.132. The number of halogens is 1. The fourth-order valence-corrected chi connectivity index (χ4v) is 2.82. The zero-order chi connectivity index (χ0) is 15.2. The van der Waals surface area contributed by atoms with Gasteiger partial charge in [0.25, 0.3) is 0 Å². The lowest BCUT2D eigenvalue weighted by atomic mass is 10.1. The molecule has 0 bridgehead atoms. The Morgan fingerprint density at radius 2 is 1.86 bits per heavy atom. The maximum absolute atomic E-state index is 13.8. The molecule has 2 rings (SSSR count). The number of nitrogens with zero attached hydrogens (tertiary/aromatic N) is 2. The van der Waals surface area contributed by atoms with Gasteiger partial charge in [-0.2, -0.15) is 0 Å². The van der Waals surface area contributed by atoms with Crippen LogP contribution >= 0.6 is 0 Å². The molecule has 1 N–H and O–H groups in total. The van der Waals surface area contributed by atoms with Crippen molar-refractivity contribution < 1.29 is 4.39 Å². The summed E-state index contributed by atoms with van der Waals surface area (Å²) in [7, 11) is 0. The summed E-state index contributed by atoms with van der Waals surface area (Å²) in [6, 6.07) is 6.01. The minimum Gasteiger partial charge on any atom is -0.369 e. The smallest absolute Gasteiger partial charge is 0.125 e. The summed E-state index contributed by atoms with van der Waals surface area (Å²) in [5.41, 5.74) is 2.05. The molecule has 1 aromatic rings. The van der Waals surface area contributed by atoms with Crippen molar-refractivity contribution in [3.8, 4) is 0 Å². The highest BCUT2D eigenvalue weighted by Crippen LogP contribution is 2.21. The van der Waals surface area contributed by atoms with Gasteiger partial charge < -0.3 is 10.2 Å². The number of benzene rings is 1. The molecule has 1 aliphatic heterocycles. The summed E-state index contributed by atoms with van der Waals surface area (Å²) < 4.78 is 13.8. The molecule has 3 nitrogen and oxygen atoms in total. The molecule has 0 aromatic heterocycles. The van der Waals surface area contributed by atoms with E-state index in [0.29, 0.717) is 6.04 Å². The summed E-state index contributed by atoms with van der Waals surface area (Å²) in [6.45, 7) is 12.4. The van der Waals surface area contributed by atoms with Crippen LogP contribution in [0.5, 0.6) is 0 Å². The molecule has 0 spiro atoms. The molecule has 1 aromatic carbocycles. The van der Waals surface area contributed by atoms with E-state index in [4.69, 9.17) is 0 Å². The summed E-state index contributed by atoms with van der Waals surface area (Å²) in [5, 5.41) is 3.34. The molecule has 1 saturated heterocycles. The zero-order valence-corrected chi connectivity index (χ0v) is 13.5. The molecule has 0 amide bonds. The van der Waals surface area contributed by atoms with Crippen LogP contribution in [0.2, 0.25) is 0 Å². The standard InChI is InChI=1S/C17H28FN3/c1-4-5-19-13-15-10-16(18)12-17(11-15)21-8-6-20(7-9-21)14(2)3/h10-12,14,19H,4-9,13H2,1-3H3. The summed E-state index contributed by atoms with van der Waals surface area (Å²) in [6.07, 6.45) is 1.10. The average molecular weight is 293 g/mol. The molecule has 4 heteroatoms. The highest BCUT2D eigenvalue weighted by molar-refractivity contribution is 5.49. The Balaban J connectivity index is 1.99. The van der Waals surface area contributed by atoms with E-state index in [1.54, 1.807) is 12.1 Å². The van der Waals surface area contributed by atoms with E-state index in [-0.39, 0.29) is 5.82 Å². The first kappa shape index (κ1) is 16.2. The van der Waals surface area contributed by atoms with Gasteiger partial charge in [-0.3, -0.25) is 4.90 Å². The van der Waals surface area contributed by atoms with Crippen molar-refractivity contribution in [3.05, 3.63) is 29.6 Å². The van der Waals surface area contributed by atoms with Gasteiger partial charge in [0.1, 0.15) is 5.82 Å². The molecular formula is C17H28FN3. The zero-order valence-electron chi connectivity index (χ0n) is 13.5. The van der Waals surface area contributed by atoms with E-state index in [1.165, 1.54) is 0 Å². The fourth-order valence-electron chi connectivity index (χ4n) is 2.82. The topological polar surface area (TPSA) is 18.5 Å². The fraction of sp³-hybridized carbons (Fsp3) is 0.647. The van der Waals surface area contributed by atoms with Crippen LogP contribution in [0.15, 0.2) is 18.2 Å². The molecule has 1 aliphatic rings. The lowest BCUT2D eigenvalue weighted by molar-refractivity contribution is 0.209. The van der Waals surface area contributed by atoms with Gasteiger partial charge >= 0.3 is 0 Å². The van der Waals surface area contributed by atoms with Crippen molar-refractivity contribution >= 4 is 5.69 Å². The van der Waals surface area contributed by atoms with Crippen molar-refractivity contribution in [2.45, 2.75) is 39.8 Å². The van der Waals surface area contributed by atoms with E-state index in [9.17, 15) is 4.39 Å². The number of hydrogen-bond acceptors (Lipinski definition) is 3. The molecule has 0 aliphatic carbocycles. The molecule has 1 fully saturated rings. The van der Waals surface area contributed by atoms with Crippen LogP contribution in [0, 0.1) is 5.82 Å². The first-order chi connectivity index (χ1) is 10.1. The van der Waals surface area contributed by atoms with Gasteiger partial charge in [-0.05, 0) is 50.6 Å². The normalized spacial score (nSPS) is 16.7. The monoisotopic (exact) mass is 293 g/mol. The maximum atomic E-state index is 13.8. The molecule has 1 heterocycles. The van der Waals surface area contributed by atoms with Crippen molar-refractivity contribution in [1.82, 2.24) is 10.2 Å². The van der Waals surface area contributed by atoms with E-state index in [1.807, 2.05) is 0 Å². The second kappa shape index (κ2) is 7.76. The number of anilines is 1. The Bertz CT molecular complexity index is 440. The number of piperazine rings is 1.